The average molecular weight is 427 g/mol. The van der Waals surface area contributed by atoms with Crippen molar-refractivity contribution in [1.29, 1.82) is 0 Å². The maximum Gasteiger partial charge on any atom is 0.264 e. The number of sulfonamides is 1. The molecule has 2 fully saturated rings. The van der Waals surface area contributed by atoms with Crippen LogP contribution in [0.3, 0.4) is 0 Å². The number of fused-ring (bicyclic) bond motifs is 2. The summed E-state index contributed by atoms with van der Waals surface area (Å²) in [5.41, 5.74) is 3.43. The van der Waals surface area contributed by atoms with Crippen LogP contribution in [0.4, 0.5) is 5.69 Å². The molecule has 3 atom stereocenters. The highest BCUT2D eigenvalue weighted by Gasteiger charge is 2.40. The van der Waals surface area contributed by atoms with Crippen molar-refractivity contribution < 1.29 is 13.2 Å². The average Bonchev–Trinajstić information content (AvgIpc) is 3.28. The Hall–Kier alpha value is -2.34. The van der Waals surface area contributed by atoms with Crippen LogP contribution in [0.1, 0.15) is 42.4 Å². The number of nitrogens with one attached hydrogen (secondary N) is 1. The Bertz CT molecular complexity index is 1030. The van der Waals surface area contributed by atoms with Gasteiger partial charge in [0.15, 0.2) is 0 Å². The second-order valence-corrected chi connectivity index (χ2v) is 10.9. The molecule has 1 amide bonds. The van der Waals surface area contributed by atoms with E-state index in [1.54, 1.807) is 24.3 Å². The van der Waals surface area contributed by atoms with Crippen LogP contribution < -0.4 is 9.62 Å². The van der Waals surface area contributed by atoms with Gasteiger partial charge >= 0.3 is 0 Å². The molecule has 160 valence electrons. The molecule has 2 aromatic rings. The summed E-state index contributed by atoms with van der Waals surface area (Å²) in [7, 11) is -3.87. The minimum atomic E-state index is -3.87. The zero-order valence-corrected chi connectivity index (χ0v) is 18.7. The van der Waals surface area contributed by atoms with Crippen molar-refractivity contribution in [2.75, 3.05) is 10.8 Å². The van der Waals surface area contributed by atoms with E-state index in [1.165, 1.54) is 17.1 Å². The first-order chi connectivity index (χ1) is 14.2. The lowest BCUT2D eigenvalue weighted by molar-refractivity contribution is -0.120. The minimum absolute atomic E-state index is 0.180. The molecule has 2 bridgehead atoms. The summed E-state index contributed by atoms with van der Waals surface area (Å²) in [6.45, 7) is 5.57. The van der Waals surface area contributed by atoms with Crippen molar-refractivity contribution in [3.63, 3.8) is 0 Å². The molecule has 0 aliphatic heterocycles. The molecule has 2 aliphatic rings. The lowest BCUT2D eigenvalue weighted by Crippen LogP contribution is -2.46. The second-order valence-electron chi connectivity index (χ2n) is 9.02. The molecule has 2 aliphatic carbocycles. The third kappa shape index (κ3) is 4.24. The lowest BCUT2D eigenvalue weighted by Gasteiger charge is -2.27. The Morgan fingerprint density at radius 1 is 0.967 bits per heavy atom. The number of benzene rings is 2. The van der Waals surface area contributed by atoms with Crippen LogP contribution in [-0.2, 0) is 14.8 Å². The fourth-order valence-electron chi connectivity index (χ4n) is 5.05. The third-order valence-corrected chi connectivity index (χ3v) is 8.26. The van der Waals surface area contributed by atoms with Crippen molar-refractivity contribution in [2.24, 2.45) is 11.8 Å². The van der Waals surface area contributed by atoms with Crippen molar-refractivity contribution in [3.8, 4) is 0 Å². The van der Waals surface area contributed by atoms with Gasteiger partial charge in [-0.05, 0) is 87.3 Å². The predicted octanol–water partition coefficient (Wildman–Crippen LogP) is 4.11. The van der Waals surface area contributed by atoms with Gasteiger partial charge in [-0.2, -0.15) is 0 Å². The van der Waals surface area contributed by atoms with Gasteiger partial charge in [-0.15, -0.1) is 0 Å². The quantitative estimate of drug-likeness (QED) is 0.756. The molecule has 0 unspecified atom stereocenters. The third-order valence-electron chi connectivity index (χ3n) is 6.48. The number of rotatable bonds is 6. The Morgan fingerprint density at radius 3 is 2.20 bits per heavy atom. The Balaban J connectivity index is 1.63. The molecule has 1 N–H and O–H groups in total. The van der Waals surface area contributed by atoms with Gasteiger partial charge in [0.2, 0.25) is 5.91 Å². The summed E-state index contributed by atoms with van der Waals surface area (Å²) in [6.07, 6.45) is 4.63. The highest BCUT2D eigenvalue weighted by atomic mass is 32.2. The monoisotopic (exact) mass is 426 g/mol. The first-order valence-corrected chi connectivity index (χ1v) is 12.1. The summed E-state index contributed by atoms with van der Waals surface area (Å²) in [6, 6.07) is 12.6. The number of carbonyl (C=O) groups excluding carboxylic acids is 1. The van der Waals surface area contributed by atoms with Gasteiger partial charge in [-0.3, -0.25) is 9.10 Å². The molecular weight excluding hydrogens is 396 g/mol. The maximum atomic E-state index is 13.5. The molecule has 0 radical (unpaired) electrons. The van der Waals surface area contributed by atoms with Gasteiger partial charge in [0.1, 0.15) is 6.54 Å². The van der Waals surface area contributed by atoms with Gasteiger partial charge < -0.3 is 5.32 Å². The van der Waals surface area contributed by atoms with Gasteiger partial charge in [0, 0.05) is 6.04 Å². The molecular formula is C24H30N2O3S. The highest BCUT2D eigenvalue weighted by Crippen LogP contribution is 2.44. The van der Waals surface area contributed by atoms with Crippen molar-refractivity contribution in [1.82, 2.24) is 5.32 Å². The van der Waals surface area contributed by atoms with Crippen LogP contribution in [0.5, 0.6) is 0 Å². The summed E-state index contributed by atoms with van der Waals surface area (Å²) in [5, 5.41) is 3.13. The van der Waals surface area contributed by atoms with Crippen molar-refractivity contribution >= 4 is 21.6 Å². The topological polar surface area (TPSA) is 66.5 Å². The molecule has 5 nitrogen and oxygen atoms in total. The van der Waals surface area contributed by atoms with E-state index >= 15 is 0 Å². The van der Waals surface area contributed by atoms with E-state index in [-0.39, 0.29) is 23.4 Å². The number of amides is 1. The molecule has 0 aromatic heterocycles. The van der Waals surface area contributed by atoms with Crippen LogP contribution >= 0.6 is 0 Å². The van der Waals surface area contributed by atoms with E-state index in [4.69, 9.17) is 0 Å². The SMILES string of the molecule is Cc1ccc(S(=O)(=O)N(CC(=O)N[C@H]2C[C@@H]3CC[C@@H]2C3)c2cc(C)cc(C)c2)cc1. The van der Waals surface area contributed by atoms with Crippen molar-refractivity contribution in [2.45, 2.75) is 57.4 Å². The second kappa shape index (κ2) is 8.06. The fraction of sp³-hybridized carbons (Fsp3) is 0.458. The van der Waals surface area contributed by atoms with E-state index in [2.05, 4.69) is 5.32 Å². The Labute approximate surface area is 179 Å². The first-order valence-electron chi connectivity index (χ1n) is 10.7. The normalized spacial score (nSPS) is 22.8. The van der Waals surface area contributed by atoms with E-state index in [0.717, 1.165) is 29.5 Å². The number of anilines is 1. The zero-order chi connectivity index (χ0) is 21.5. The van der Waals surface area contributed by atoms with Gasteiger partial charge in [0.25, 0.3) is 10.0 Å². The standard InChI is InChI=1S/C24H30N2O3S/c1-16-4-8-22(9-5-16)30(28,29)26(21-11-17(2)10-18(3)12-21)15-24(27)25-23-14-19-6-7-20(23)13-19/h4-5,8-12,19-20,23H,6-7,13-15H2,1-3H3,(H,25,27)/t19-,20-,23+/m1/s1. The molecule has 2 aromatic carbocycles. The summed E-state index contributed by atoms with van der Waals surface area (Å²) in [4.78, 5) is 13.1. The van der Waals surface area contributed by atoms with Crippen LogP contribution in [0, 0.1) is 32.6 Å². The zero-order valence-electron chi connectivity index (χ0n) is 17.9. The number of hydrogen-bond donors (Lipinski definition) is 1. The molecule has 2 saturated carbocycles. The molecule has 30 heavy (non-hydrogen) atoms. The fourth-order valence-corrected chi connectivity index (χ4v) is 6.46. The van der Waals surface area contributed by atoms with E-state index in [0.29, 0.717) is 17.5 Å². The van der Waals surface area contributed by atoms with Crippen molar-refractivity contribution in [3.05, 3.63) is 59.2 Å². The lowest BCUT2D eigenvalue weighted by atomic mass is 9.95. The minimum Gasteiger partial charge on any atom is -0.352 e. The van der Waals surface area contributed by atoms with Crippen LogP contribution in [0.25, 0.3) is 0 Å². The Kier molecular flexibility index (Phi) is 5.62. The number of carbonyl (C=O) groups is 1. The van der Waals surface area contributed by atoms with Crippen LogP contribution in [-0.4, -0.2) is 26.9 Å². The molecule has 0 heterocycles. The van der Waals surface area contributed by atoms with E-state index < -0.39 is 10.0 Å². The number of aryl methyl sites for hydroxylation is 3. The number of hydrogen-bond acceptors (Lipinski definition) is 3. The highest BCUT2D eigenvalue weighted by molar-refractivity contribution is 7.92. The molecule has 0 saturated heterocycles. The van der Waals surface area contributed by atoms with Gasteiger partial charge in [-0.25, -0.2) is 8.42 Å². The summed E-state index contributed by atoms with van der Waals surface area (Å²) < 4.78 is 28.3. The molecule has 6 heteroatoms. The molecule has 4 rings (SSSR count). The summed E-state index contributed by atoms with van der Waals surface area (Å²) in [5.74, 6) is 1.02. The predicted molar refractivity (Wildman–Crippen MR) is 119 cm³/mol. The van der Waals surface area contributed by atoms with Crippen LogP contribution in [0.2, 0.25) is 0 Å². The van der Waals surface area contributed by atoms with E-state index in [9.17, 15) is 13.2 Å². The first kappa shape index (κ1) is 20.9. The summed E-state index contributed by atoms with van der Waals surface area (Å²) >= 11 is 0. The number of nitrogens with zero attached hydrogens (tertiary/aromatic N) is 1. The van der Waals surface area contributed by atoms with Gasteiger partial charge in [-0.1, -0.05) is 30.2 Å². The largest absolute Gasteiger partial charge is 0.352 e. The molecule has 0 spiro atoms. The maximum absolute atomic E-state index is 13.5. The van der Waals surface area contributed by atoms with E-state index in [1.807, 2.05) is 39.0 Å². The smallest absolute Gasteiger partial charge is 0.264 e. The van der Waals surface area contributed by atoms with Crippen LogP contribution in [0.15, 0.2) is 47.4 Å². The van der Waals surface area contributed by atoms with Gasteiger partial charge in [0.05, 0.1) is 10.6 Å². The Morgan fingerprint density at radius 2 is 1.63 bits per heavy atom.